The van der Waals surface area contributed by atoms with Gasteiger partial charge in [-0.15, -0.1) is 0 Å². The van der Waals surface area contributed by atoms with Crippen LogP contribution >= 0.6 is 0 Å². The molecule has 2 aliphatic rings. The molecule has 3 heteroatoms. The molecule has 3 nitrogen and oxygen atoms in total. The molecule has 0 spiro atoms. The zero-order chi connectivity index (χ0) is 18.8. The van der Waals surface area contributed by atoms with Crippen molar-refractivity contribution in [2.45, 2.75) is 38.0 Å². The van der Waals surface area contributed by atoms with Crippen LogP contribution in [0.25, 0.3) is 0 Å². The van der Waals surface area contributed by atoms with Crippen molar-refractivity contribution in [2.75, 3.05) is 13.7 Å². The van der Waals surface area contributed by atoms with Crippen molar-refractivity contribution >= 4 is 5.97 Å². The molecule has 2 aromatic carbocycles. The predicted octanol–water partition coefficient (Wildman–Crippen LogP) is 5.17. The molecule has 2 aliphatic carbocycles. The van der Waals surface area contributed by atoms with Crippen LogP contribution in [0.5, 0.6) is 5.75 Å². The van der Waals surface area contributed by atoms with Crippen molar-refractivity contribution in [3.63, 3.8) is 0 Å². The quantitative estimate of drug-likeness (QED) is 0.606. The summed E-state index contributed by atoms with van der Waals surface area (Å²) in [4.78, 5) is 12.1. The number of benzene rings is 2. The van der Waals surface area contributed by atoms with Crippen molar-refractivity contribution in [3.8, 4) is 5.75 Å². The van der Waals surface area contributed by atoms with E-state index in [4.69, 9.17) is 9.47 Å². The highest BCUT2D eigenvalue weighted by Crippen LogP contribution is 2.49. The average molecular weight is 364 g/mol. The second kappa shape index (κ2) is 7.75. The minimum Gasteiger partial charge on any atom is -0.493 e. The monoisotopic (exact) mass is 364 g/mol. The van der Waals surface area contributed by atoms with E-state index in [9.17, 15) is 4.79 Å². The van der Waals surface area contributed by atoms with E-state index in [2.05, 4.69) is 42.5 Å². The van der Waals surface area contributed by atoms with Crippen LogP contribution in [0.4, 0.5) is 0 Å². The normalized spacial score (nSPS) is 23.3. The second-order valence-electron chi connectivity index (χ2n) is 8.07. The number of hydrogen-bond acceptors (Lipinski definition) is 3. The van der Waals surface area contributed by atoms with Crippen molar-refractivity contribution in [1.82, 2.24) is 0 Å². The lowest BCUT2D eigenvalue weighted by Crippen LogP contribution is -2.22. The highest BCUT2D eigenvalue weighted by Gasteiger charge is 2.40. The highest BCUT2D eigenvalue weighted by atomic mass is 16.5. The molecule has 0 aliphatic heterocycles. The third-order valence-corrected chi connectivity index (χ3v) is 6.10. The lowest BCUT2D eigenvalue weighted by Gasteiger charge is -2.23. The molecule has 4 unspecified atom stereocenters. The average Bonchev–Trinajstić information content (AvgIpc) is 3.62. The fourth-order valence-electron chi connectivity index (χ4n) is 4.31. The molecule has 0 aromatic heterocycles. The van der Waals surface area contributed by atoms with Crippen LogP contribution < -0.4 is 4.74 Å². The first-order valence-corrected chi connectivity index (χ1v) is 10.0. The van der Waals surface area contributed by atoms with Gasteiger partial charge >= 0.3 is 5.97 Å². The summed E-state index contributed by atoms with van der Waals surface area (Å²) in [5, 5.41) is 0. The van der Waals surface area contributed by atoms with Crippen molar-refractivity contribution in [1.29, 1.82) is 0 Å². The maximum absolute atomic E-state index is 12.1. The van der Waals surface area contributed by atoms with Crippen molar-refractivity contribution in [2.24, 2.45) is 17.8 Å². The van der Waals surface area contributed by atoms with E-state index in [0.29, 0.717) is 17.8 Å². The SMILES string of the molecule is COC(=O)C(C)C(c1cccc(OCC2CC2c2ccccc2)c1)C1CC1. The van der Waals surface area contributed by atoms with E-state index in [1.807, 2.05) is 19.1 Å². The summed E-state index contributed by atoms with van der Waals surface area (Å²) < 4.78 is 11.1. The van der Waals surface area contributed by atoms with Gasteiger partial charge in [0, 0.05) is 5.92 Å². The van der Waals surface area contributed by atoms with Crippen LogP contribution in [0.2, 0.25) is 0 Å². The number of ether oxygens (including phenoxy) is 2. The number of carbonyl (C=O) groups is 1. The standard InChI is InChI=1S/C24H28O3/c1-16(24(25)26-2)23(18-11-12-18)19-9-6-10-21(13-19)27-15-20-14-22(20)17-7-4-3-5-8-17/h3-10,13,16,18,20,22-23H,11-12,14-15H2,1-2H3. The molecular formula is C24H28O3. The largest absolute Gasteiger partial charge is 0.493 e. The van der Waals surface area contributed by atoms with E-state index < -0.39 is 0 Å². The fourth-order valence-corrected chi connectivity index (χ4v) is 4.31. The molecule has 4 atom stereocenters. The Kier molecular flexibility index (Phi) is 5.20. The molecule has 0 saturated heterocycles. The summed E-state index contributed by atoms with van der Waals surface area (Å²) in [5.74, 6) is 2.70. The van der Waals surface area contributed by atoms with E-state index in [1.165, 1.54) is 37.5 Å². The van der Waals surface area contributed by atoms with Gasteiger partial charge in [0.1, 0.15) is 5.75 Å². The van der Waals surface area contributed by atoms with Crippen LogP contribution in [-0.2, 0) is 9.53 Å². The first-order chi connectivity index (χ1) is 13.2. The Labute approximate surface area is 161 Å². The van der Waals surface area contributed by atoms with Gasteiger partial charge in [-0.1, -0.05) is 49.4 Å². The summed E-state index contributed by atoms with van der Waals surface area (Å²) in [6.45, 7) is 2.74. The first kappa shape index (κ1) is 18.1. The minimum absolute atomic E-state index is 0.122. The topological polar surface area (TPSA) is 35.5 Å². The Morgan fingerprint density at radius 2 is 1.89 bits per heavy atom. The summed E-state index contributed by atoms with van der Waals surface area (Å²) in [6.07, 6.45) is 3.59. The summed E-state index contributed by atoms with van der Waals surface area (Å²) in [7, 11) is 1.47. The van der Waals surface area contributed by atoms with Gasteiger partial charge in [-0.05, 0) is 60.3 Å². The Morgan fingerprint density at radius 3 is 2.59 bits per heavy atom. The number of esters is 1. The molecule has 2 aromatic rings. The van der Waals surface area contributed by atoms with E-state index in [1.54, 1.807) is 0 Å². The maximum Gasteiger partial charge on any atom is 0.309 e. The molecular weight excluding hydrogens is 336 g/mol. The molecule has 0 bridgehead atoms. The molecule has 4 rings (SSSR count). The van der Waals surface area contributed by atoms with Gasteiger partial charge in [-0.25, -0.2) is 0 Å². The van der Waals surface area contributed by atoms with Gasteiger partial charge in [0.15, 0.2) is 0 Å². The van der Waals surface area contributed by atoms with Gasteiger partial charge in [0.05, 0.1) is 19.6 Å². The van der Waals surface area contributed by atoms with Gasteiger partial charge in [-0.2, -0.15) is 0 Å². The Morgan fingerprint density at radius 1 is 1.11 bits per heavy atom. The smallest absolute Gasteiger partial charge is 0.309 e. The molecule has 2 saturated carbocycles. The molecule has 2 fully saturated rings. The Bertz CT molecular complexity index is 781. The second-order valence-corrected chi connectivity index (χ2v) is 8.07. The van der Waals surface area contributed by atoms with E-state index in [-0.39, 0.29) is 17.8 Å². The molecule has 0 N–H and O–H groups in total. The highest BCUT2D eigenvalue weighted by molar-refractivity contribution is 5.73. The van der Waals surface area contributed by atoms with E-state index in [0.717, 1.165) is 12.4 Å². The van der Waals surface area contributed by atoms with Crippen LogP contribution in [0.15, 0.2) is 54.6 Å². The number of methoxy groups -OCH3 is 1. The molecule has 0 heterocycles. The van der Waals surface area contributed by atoms with Crippen LogP contribution in [0, 0.1) is 17.8 Å². The lowest BCUT2D eigenvalue weighted by molar-refractivity contribution is -0.145. The van der Waals surface area contributed by atoms with Crippen LogP contribution in [0.3, 0.4) is 0 Å². The number of carbonyl (C=O) groups excluding carboxylic acids is 1. The third kappa shape index (κ3) is 4.18. The predicted molar refractivity (Wildman–Crippen MR) is 106 cm³/mol. The minimum atomic E-state index is -0.123. The summed E-state index contributed by atoms with van der Waals surface area (Å²) >= 11 is 0. The van der Waals surface area contributed by atoms with Crippen molar-refractivity contribution < 1.29 is 14.3 Å². The van der Waals surface area contributed by atoms with Gasteiger partial charge in [0.25, 0.3) is 0 Å². The Hall–Kier alpha value is -2.29. The first-order valence-electron chi connectivity index (χ1n) is 10.0. The maximum atomic E-state index is 12.1. The third-order valence-electron chi connectivity index (χ3n) is 6.10. The lowest BCUT2D eigenvalue weighted by atomic mass is 9.83. The fraction of sp³-hybridized carbons (Fsp3) is 0.458. The molecule has 142 valence electrons. The Balaban J connectivity index is 1.40. The summed E-state index contributed by atoms with van der Waals surface area (Å²) in [5.41, 5.74) is 2.61. The zero-order valence-electron chi connectivity index (χ0n) is 16.1. The van der Waals surface area contributed by atoms with Crippen LogP contribution in [-0.4, -0.2) is 19.7 Å². The van der Waals surface area contributed by atoms with Crippen LogP contribution in [0.1, 0.15) is 49.1 Å². The van der Waals surface area contributed by atoms with Gasteiger partial charge < -0.3 is 9.47 Å². The summed E-state index contributed by atoms with van der Waals surface area (Å²) in [6, 6.07) is 19.0. The number of hydrogen-bond donors (Lipinski definition) is 0. The van der Waals surface area contributed by atoms with Crippen molar-refractivity contribution in [3.05, 3.63) is 65.7 Å². The van der Waals surface area contributed by atoms with E-state index >= 15 is 0 Å². The number of rotatable bonds is 8. The van der Waals surface area contributed by atoms with Gasteiger partial charge in [0.2, 0.25) is 0 Å². The molecule has 0 amide bonds. The zero-order valence-corrected chi connectivity index (χ0v) is 16.1. The van der Waals surface area contributed by atoms with Gasteiger partial charge in [-0.3, -0.25) is 4.79 Å². The molecule has 0 radical (unpaired) electrons. The molecule has 27 heavy (non-hydrogen) atoms.